The second-order valence-corrected chi connectivity index (χ2v) is 4.80. The molecule has 0 aliphatic carbocycles. The minimum atomic E-state index is -0.284. The van der Waals surface area contributed by atoms with Crippen molar-refractivity contribution in [2.24, 2.45) is 5.92 Å². The number of nitrogens with zero attached hydrogens (tertiary/aromatic N) is 2. The smallest absolute Gasteiger partial charge is 0.201 e. The quantitative estimate of drug-likeness (QED) is 0.887. The van der Waals surface area contributed by atoms with Crippen LogP contribution in [0.4, 0.5) is 10.3 Å². The number of benzene rings is 1. The molecule has 4 nitrogen and oxygen atoms in total. The summed E-state index contributed by atoms with van der Waals surface area (Å²) in [7, 11) is 0. The van der Waals surface area contributed by atoms with E-state index in [1.807, 2.05) is 4.57 Å². The molecule has 0 spiro atoms. The van der Waals surface area contributed by atoms with Gasteiger partial charge in [-0.3, -0.25) is 0 Å². The normalized spacial score (nSPS) is 20.4. The van der Waals surface area contributed by atoms with Gasteiger partial charge in [-0.05, 0) is 25.0 Å². The molecule has 96 valence electrons. The minimum Gasteiger partial charge on any atom is -0.381 e. The molecular formula is C13H16FN3O. The second-order valence-electron chi connectivity index (χ2n) is 4.80. The number of rotatable bonds is 2. The fourth-order valence-corrected chi connectivity index (χ4v) is 2.52. The Labute approximate surface area is 105 Å². The van der Waals surface area contributed by atoms with Crippen molar-refractivity contribution in [1.82, 2.24) is 9.55 Å². The molecule has 1 aliphatic rings. The van der Waals surface area contributed by atoms with Crippen molar-refractivity contribution in [3.05, 3.63) is 24.0 Å². The number of aromatic nitrogens is 2. The summed E-state index contributed by atoms with van der Waals surface area (Å²) in [6.45, 7) is 2.40. The van der Waals surface area contributed by atoms with Gasteiger partial charge in [0, 0.05) is 25.1 Å². The summed E-state index contributed by atoms with van der Waals surface area (Å²) in [6.07, 6.45) is 2.23. The van der Waals surface area contributed by atoms with Crippen LogP contribution in [0.5, 0.6) is 0 Å². The zero-order chi connectivity index (χ0) is 12.5. The Morgan fingerprint density at radius 2 is 2.39 bits per heavy atom. The Kier molecular flexibility index (Phi) is 2.91. The number of imidazole rings is 1. The summed E-state index contributed by atoms with van der Waals surface area (Å²) in [5, 5.41) is 0. The summed E-state index contributed by atoms with van der Waals surface area (Å²) in [5.74, 6) is 0.623. The summed E-state index contributed by atoms with van der Waals surface area (Å²) in [4.78, 5) is 4.20. The molecule has 0 radical (unpaired) electrons. The Bertz CT molecular complexity index is 561. The monoisotopic (exact) mass is 249 g/mol. The van der Waals surface area contributed by atoms with E-state index in [-0.39, 0.29) is 5.82 Å². The number of fused-ring (bicyclic) bond motifs is 1. The first-order chi connectivity index (χ1) is 8.74. The minimum absolute atomic E-state index is 0.284. The van der Waals surface area contributed by atoms with Crippen LogP contribution in [-0.2, 0) is 11.3 Å². The van der Waals surface area contributed by atoms with Gasteiger partial charge in [0.15, 0.2) is 0 Å². The van der Waals surface area contributed by atoms with Crippen LogP contribution in [0.15, 0.2) is 18.2 Å². The van der Waals surface area contributed by atoms with E-state index >= 15 is 0 Å². The highest BCUT2D eigenvalue weighted by Gasteiger charge is 2.17. The SMILES string of the molecule is Nc1nc2cc(F)ccc2n1CC1CCCOC1. The van der Waals surface area contributed by atoms with Crippen LogP contribution in [0.2, 0.25) is 0 Å². The zero-order valence-corrected chi connectivity index (χ0v) is 10.1. The molecule has 2 aromatic rings. The maximum atomic E-state index is 13.1. The summed E-state index contributed by atoms with van der Waals surface area (Å²) < 4.78 is 20.5. The van der Waals surface area contributed by atoms with E-state index in [0.717, 1.165) is 38.1 Å². The topological polar surface area (TPSA) is 53.1 Å². The van der Waals surface area contributed by atoms with Crippen molar-refractivity contribution in [3.63, 3.8) is 0 Å². The number of hydrogen-bond donors (Lipinski definition) is 1. The lowest BCUT2D eigenvalue weighted by Gasteiger charge is -2.23. The van der Waals surface area contributed by atoms with Crippen molar-refractivity contribution in [2.75, 3.05) is 18.9 Å². The van der Waals surface area contributed by atoms with Gasteiger partial charge in [-0.15, -0.1) is 0 Å². The molecule has 1 atom stereocenters. The van der Waals surface area contributed by atoms with Crippen LogP contribution >= 0.6 is 0 Å². The van der Waals surface area contributed by atoms with Crippen LogP contribution in [-0.4, -0.2) is 22.8 Å². The number of ether oxygens (including phenoxy) is 1. The number of hydrogen-bond acceptors (Lipinski definition) is 3. The summed E-state index contributed by atoms with van der Waals surface area (Å²) in [6, 6.07) is 4.59. The zero-order valence-electron chi connectivity index (χ0n) is 10.1. The molecule has 1 saturated heterocycles. The molecule has 1 aromatic carbocycles. The Balaban J connectivity index is 1.92. The van der Waals surface area contributed by atoms with Gasteiger partial charge in [-0.2, -0.15) is 0 Å². The largest absolute Gasteiger partial charge is 0.381 e. The molecule has 0 amide bonds. The summed E-state index contributed by atoms with van der Waals surface area (Å²) >= 11 is 0. The number of nitrogens with two attached hydrogens (primary N) is 1. The van der Waals surface area contributed by atoms with E-state index in [9.17, 15) is 4.39 Å². The van der Waals surface area contributed by atoms with Gasteiger partial charge in [0.1, 0.15) is 5.82 Å². The fraction of sp³-hybridized carbons (Fsp3) is 0.462. The van der Waals surface area contributed by atoms with Crippen LogP contribution < -0.4 is 5.73 Å². The second kappa shape index (κ2) is 4.57. The van der Waals surface area contributed by atoms with Crippen LogP contribution in [0, 0.1) is 11.7 Å². The maximum absolute atomic E-state index is 13.1. The van der Waals surface area contributed by atoms with Crippen molar-refractivity contribution < 1.29 is 9.13 Å². The van der Waals surface area contributed by atoms with Crippen molar-refractivity contribution in [3.8, 4) is 0 Å². The molecule has 5 heteroatoms. The van der Waals surface area contributed by atoms with E-state index in [4.69, 9.17) is 10.5 Å². The first kappa shape index (κ1) is 11.5. The van der Waals surface area contributed by atoms with E-state index in [1.165, 1.54) is 12.1 Å². The first-order valence-corrected chi connectivity index (χ1v) is 6.23. The third-order valence-corrected chi connectivity index (χ3v) is 3.44. The lowest BCUT2D eigenvalue weighted by molar-refractivity contribution is 0.0490. The lowest BCUT2D eigenvalue weighted by atomic mass is 10.0. The molecule has 1 unspecified atom stereocenters. The van der Waals surface area contributed by atoms with E-state index in [2.05, 4.69) is 4.98 Å². The van der Waals surface area contributed by atoms with Gasteiger partial charge in [-0.25, -0.2) is 9.37 Å². The predicted octanol–water partition coefficient (Wildman–Crippen LogP) is 2.18. The van der Waals surface area contributed by atoms with E-state index in [1.54, 1.807) is 6.07 Å². The van der Waals surface area contributed by atoms with E-state index < -0.39 is 0 Å². The van der Waals surface area contributed by atoms with Crippen molar-refractivity contribution >= 4 is 17.0 Å². The standard InChI is InChI=1S/C13H16FN3O/c14-10-3-4-12-11(6-10)16-13(15)17(12)7-9-2-1-5-18-8-9/h3-4,6,9H,1-2,5,7-8H2,(H2,15,16). The average molecular weight is 249 g/mol. The Morgan fingerprint density at radius 3 is 3.17 bits per heavy atom. The molecule has 1 aliphatic heterocycles. The molecular weight excluding hydrogens is 233 g/mol. The number of anilines is 1. The number of nitrogen functional groups attached to an aromatic ring is 1. The molecule has 0 saturated carbocycles. The third-order valence-electron chi connectivity index (χ3n) is 3.44. The molecule has 2 N–H and O–H groups in total. The maximum Gasteiger partial charge on any atom is 0.201 e. The van der Waals surface area contributed by atoms with Crippen LogP contribution in [0.1, 0.15) is 12.8 Å². The molecule has 1 fully saturated rings. The Morgan fingerprint density at radius 1 is 1.50 bits per heavy atom. The third kappa shape index (κ3) is 2.06. The molecule has 2 heterocycles. The molecule has 18 heavy (non-hydrogen) atoms. The highest BCUT2D eigenvalue weighted by molar-refractivity contribution is 5.78. The van der Waals surface area contributed by atoms with E-state index in [0.29, 0.717) is 17.4 Å². The van der Waals surface area contributed by atoms with Crippen LogP contribution in [0.3, 0.4) is 0 Å². The van der Waals surface area contributed by atoms with Gasteiger partial charge in [0.25, 0.3) is 0 Å². The average Bonchev–Trinajstić information content (AvgIpc) is 2.66. The summed E-state index contributed by atoms with van der Waals surface area (Å²) in [5.41, 5.74) is 7.41. The van der Waals surface area contributed by atoms with Gasteiger partial charge in [0.2, 0.25) is 5.95 Å². The van der Waals surface area contributed by atoms with Crippen molar-refractivity contribution in [1.29, 1.82) is 0 Å². The van der Waals surface area contributed by atoms with Gasteiger partial charge >= 0.3 is 0 Å². The fourth-order valence-electron chi connectivity index (χ4n) is 2.52. The van der Waals surface area contributed by atoms with Gasteiger partial charge < -0.3 is 15.0 Å². The number of halogens is 1. The molecule has 1 aromatic heterocycles. The highest BCUT2D eigenvalue weighted by Crippen LogP contribution is 2.23. The first-order valence-electron chi connectivity index (χ1n) is 6.23. The molecule has 0 bridgehead atoms. The lowest BCUT2D eigenvalue weighted by Crippen LogP contribution is -2.22. The predicted molar refractivity (Wildman–Crippen MR) is 67.6 cm³/mol. The van der Waals surface area contributed by atoms with Crippen molar-refractivity contribution in [2.45, 2.75) is 19.4 Å². The Hall–Kier alpha value is -1.62. The highest BCUT2D eigenvalue weighted by atomic mass is 19.1. The van der Waals surface area contributed by atoms with Gasteiger partial charge in [0.05, 0.1) is 17.6 Å². The van der Waals surface area contributed by atoms with Gasteiger partial charge in [-0.1, -0.05) is 0 Å². The van der Waals surface area contributed by atoms with Crippen LogP contribution in [0.25, 0.3) is 11.0 Å². The molecule has 3 rings (SSSR count).